The number of rotatable bonds is 5. The van der Waals surface area contributed by atoms with E-state index in [4.69, 9.17) is 0 Å². The average Bonchev–Trinajstić information content (AvgIpc) is 2.52. The molecule has 1 N–H and O–H groups in total. The summed E-state index contributed by atoms with van der Waals surface area (Å²) >= 11 is 0. The minimum absolute atomic E-state index is 0.0446. The molecule has 2 aromatic rings. The van der Waals surface area contributed by atoms with Gasteiger partial charge in [-0.3, -0.25) is 4.79 Å². The second-order valence-electron chi connectivity index (χ2n) is 7.16. The Hall–Kier alpha value is -2.09. The Morgan fingerprint density at radius 2 is 1.61 bits per heavy atom. The van der Waals surface area contributed by atoms with E-state index in [1.165, 1.54) is 16.7 Å². The second-order valence-corrected chi connectivity index (χ2v) is 7.16. The Labute approximate surface area is 139 Å². The van der Waals surface area contributed by atoms with E-state index in [1.807, 2.05) is 39.0 Å². The van der Waals surface area contributed by atoms with Crippen molar-refractivity contribution in [3.63, 3.8) is 0 Å². The van der Waals surface area contributed by atoms with Gasteiger partial charge in [0.25, 0.3) is 0 Å². The zero-order chi connectivity index (χ0) is 16.9. The first-order chi connectivity index (χ1) is 10.9. The quantitative estimate of drug-likeness (QED) is 0.842. The van der Waals surface area contributed by atoms with Gasteiger partial charge in [-0.2, -0.15) is 0 Å². The molecule has 0 aliphatic carbocycles. The van der Waals surface area contributed by atoms with Crippen molar-refractivity contribution in [2.24, 2.45) is 5.41 Å². The number of benzene rings is 2. The van der Waals surface area contributed by atoms with E-state index in [1.54, 1.807) is 0 Å². The van der Waals surface area contributed by atoms with Gasteiger partial charge in [0.2, 0.25) is 5.91 Å². The molecule has 0 spiro atoms. The summed E-state index contributed by atoms with van der Waals surface area (Å²) in [6.45, 7) is 7.96. The number of carbonyl (C=O) groups is 1. The molecule has 2 aromatic carbocycles. The van der Waals surface area contributed by atoms with Gasteiger partial charge in [0.1, 0.15) is 0 Å². The number of amides is 1. The highest BCUT2D eigenvalue weighted by Crippen LogP contribution is 2.24. The third-order valence-corrected chi connectivity index (χ3v) is 4.11. The first-order valence-electron chi connectivity index (χ1n) is 8.28. The molecular formula is C21H27NO. The first-order valence-corrected chi connectivity index (χ1v) is 8.28. The summed E-state index contributed by atoms with van der Waals surface area (Å²) in [7, 11) is 0. The van der Waals surface area contributed by atoms with Crippen LogP contribution in [-0.2, 0) is 11.2 Å². The molecule has 0 aromatic heterocycles. The molecule has 0 aliphatic rings. The first kappa shape index (κ1) is 17.3. The normalized spacial score (nSPS) is 12.7. The maximum Gasteiger partial charge on any atom is 0.225 e. The van der Waals surface area contributed by atoms with E-state index >= 15 is 0 Å². The minimum Gasteiger partial charge on any atom is -0.349 e. The van der Waals surface area contributed by atoms with Gasteiger partial charge in [0, 0.05) is 5.41 Å². The van der Waals surface area contributed by atoms with Crippen LogP contribution in [0.3, 0.4) is 0 Å². The summed E-state index contributed by atoms with van der Waals surface area (Å²) in [5.74, 6) is 0.0961. The number of hydrogen-bond donors (Lipinski definition) is 1. The SMILES string of the molecule is Cc1ccccc1[C@H](CCc1ccccc1)NC(=O)C(C)(C)C. The smallest absolute Gasteiger partial charge is 0.225 e. The Kier molecular flexibility index (Phi) is 5.59. The Morgan fingerprint density at radius 3 is 2.22 bits per heavy atom. The third kappa shape index (κ3) is 4.95. The molecule has 23 heavy (non-hydrogen) atoms. The van der Waals surface area contributed by atoms with E-state index in [0.717, 1.165) is 12.8 Å². The number of hydrogen-bond acceptors (Lipinski definition) is 1. The highest BCUT2D eigenvalue weighted by Gasteiger charge is 2.25. The van der Waals surface area contributed by atoms with Gasteiger partial charge in [-0.15, -0.1) is 0 Å². The molecule has 0 saturated heterocycles. The van der Waals surface area contributed by atoms with Crippen molar-refractivity contribution >= 4 is 5.91 Å². The Balaban J connectivity index is 2.18. The summed E-state index contributed by atoms with van der Waals surface area (Å²) in [5, 5.41) is 3.25. The minimum atomic E-state index is -0.381. The van der Waals surface area contributed by atoms with Gasteiger partial charge >= 0.3 is 0 Å². The van der Waals surface area contributed by atoms with Gasteiger partial charge in [-0.25, -0.2) is 0 Å². The molecule has 0 fully saturated rings. The van der Waals surface area contributed by atoms with Gasteiger partial charge < -0.3 is 5.32 Å². The van der Waals surface area contributed by atoms with E-state index < -0.39 is 0 Å². The summed E-state index contributed by atoms with van der Waals surface area (Å²) < 4.78 is 0. The van der Waals surface area contributed by atoms with Crippen molar-refractivity contribution in [1.82, 2.24) is 5.32 Å². The zero-order valence-electron chi connectivity index (χ0n) is 14.6. The summed E-state index contributed by atoms with van der Waals surface area (Å²) in [6.07, 6.45) is 1.85. The lowest BCUT2D eigenvalue weighted by Crippen LogP contribution is -2.37. The molecule has 122 valence electrons. The molecule has 0 aliphatic heterocycles. The van der Waals surface area contributed by atoms with Crippen molar-refractivity contribution in [1.29, 1.82) is 0 Å². The van der Waals surface area contributed by atoms with Crippen molar-refractivity contribution in [3.8, 4) is 0 Å². The second kappa shape index (κ2) is 7.45. The largest absolute Gasteiger partial charge is 0.349 e. The van der Waals surface area contributed by atoms with Crippen LogP contribution in [0.15, 0.2) is 54.6 Å². The van der Waals surface area contributed by atoms with Gasteiger partial charge in [0.05, 0.1) is 6.04 Å². The molecule has 0 saturated carbocycles. The fourth-order valence-corrected chi connectivity index (χ4v) is 2.61. The van der Waals surface area contributed by atoms with E-state index in [0.29, 0.717) is 0 Å². The average molecular weight is 309 g/mol. The molecule has 0 radical (unpaired) electrons. The van der Waals surface area contributed by atoms with Crippen LogP contribution >= 0.6 is 0 Å². The molecule has 1 atom stereocenters. The molecule has 0 bridgehead atoms. The predicted octanol–water partition coefficient (Wildman–Crippen LogP) is 4.83. The van der Waals surface area contributed by atoms with Crippen LogP contribution in [0.2, 0.25) is 0 Å². The molecule has 1 amide bonds. The summed E-state index contributed by atoms with van der Waals surface area (Å²) in [6, 6.07) is 18.8. The van der Waals surface area contributed by atoms with Gasteiger partial charge in [0.15, 0.2) is 0 Å². The maximum atomic E-state index is 12.5. The van der Waals surface area contributed by atoms with E-state index in [2.05, 4.69) is 48.6 Å². The van der Waals surface area contributed by atoms with Gasteiger partial charge in [-0.1, -0.05) is 75.4 Å². The molecule has 2 heteroatoms. The van der Waals surface area contributed by atoms with Crippen LogP contribution in [0.25, 0.3) is 0 Å². The van der Waals surface area contributed by atoms with E-state index in [-0.39, 0.29) is 17.4 Å². The topological polar surface area (TPSA) is 29.1 Å². The molecular weight excluding hydrogens is 282 g/mol. The van der Waals surface area contributed by atoms with Crippen LogP contribution < -0.4 is 5.32 Å². The lowest BCUT2D eigenvalue weighted by molar-refractivity contribution is -0.129. The predicted molar refractivity (Wildman–Crippen MR) is 96.3 cm³/mol. The van der Waals surface area contributed by atoms with Crippen molar-refractivity contribution in [2.45, 2.75) is 46.6 Å². The molecule has 0 unspecified atom stereocenters. The fraction of sp³-hybridized carbons (Fsp3) is 0.381. The highest BCUT2D eigenvalue weighted by molar-refractivity contribution is 5.81. The van der Waals surface area contributed by atoms with Crippen LogP contribution in [0.5, 0.6) is 0 Å². The van der Waals surface area contributed by atoms with Crippen LogP contribution in [0, 0.1) is 12.3 Å². The number of carbonyl (C=O) groups excluding carboxylic acids is 1. The van der Waals surface area contributed by atoms with Crippen molar-refractivity contribution < 1.29 is 4.79 Å². The zero-order valence-corrected chi connectivity index (χ0v) is 14.6. The van der Waals surface area contributed by atoms with Crippen molar-refractivity contribution in [2.75, 3.05) is 0 Å². The van der Waals surface area contributed by atoms with Gasteiger partial charge in [-0.05, 0) is 36.5 Å². The molecule has 2 nitrogen and oxygen atoms in total. The lowest BCUT2D eigenvalue weighted by atomic mass is 9.91. The maximum absolute atomic E-state index is 12.5. The van der Waals surface area contributed by atoms with E-state index in [9.17, 15) is 4.79 Å². The standard InChI is InChI=1S/C21H27NO/c1-16-10-8-9-13-18(16)19(22-20(23)21(2,3)4)15-14-17-11-6-5-7-12-17/h5-13,19H,14-15H2,1-4H3,(H,22,23)/t19-/m0/s1. The highest BCUT2D eigenvalue weighted by atomic mass is 16.2. The van der Waals surface area contributed by atoms with Crippen LogP contribution in [-0.4, -0.2) is 5.91 Å². The number of aryl methyl sites for hydroxylation is 2. The molecule has 2 rings (SSSR count). The fourth-order valence-electron chi connectivity index (χ4n) is 2.61. The molecule has 0 heterocycles. The van der Waals surface area contributed by atoms with Crippen LogP contribution in [0.4, 0.5) is 0 Å². The summed E-state index contributed by atoms with van der Waals surface area (Å²) in [4.78, 5) is 12.5. The monoisotopic (exact) mass is 309 g/mol. The number of nitrogens with one attached hydrogen (secondary N) is 1. The third-order valence-electron chi connectivity index (χ3n) is 4.11. The van der Waals surface area contributed by atoms with Crippen molar-refractivity contribution in [3.05, 3.63) is 71.3 Å². The lowest BCUT2D eigenvalue weighted by Gasteiger charge is -2.26. The Bertz CT molecular complexity index is 640. The summed E-state index contributed by atoms with van der Waals surface area (Å²) in [5.41, 5.74) is 3.35. The Morgan fingerprint density at radius 1 is 1.00 bits per heavy atom. The van der Waals surface area contributed by atoms with Crippen LogP contribution in [0.1, 0.15) is 49.9 Å².